The van der Waals surface area contributed by atoms with Crippen LogP contribution in [0.25, 0.3) is 0 Å². The van der Waals surface area contributed by atoms with Crippen molar-refractivity contribution in [3.63, 3.8) is 0 Å². The molecule has 0 heterocycles. The highest BCUT2D eigenvalue weighted by Gasteiger charge is 2.14. The largest absolute Gasteiger partial charge is 0.293 e. The molecule has 0 saturated heterocycles. The minimum Gasteiger partial charge on any atom is -0.293 e. The number of hydrogen-bond acceptors (Lipinski definition) is 3. The summed E-state index contributed by atoms with van der Waals surface area (Å²) in [5.74, 6) is 0.122. The average Bonchev–Trinajstić information content (AvgIpc) is 2.38. The number of ketones is 1. The number of carbonyl (C=O) groups is 1. The van der Waals surface area contributed by atoms with Gasteiger partial charge in [0, 0.05) is 5.56 Å². The zero-order valence-electron chi connectivity index (χ0n) is 10.4. The molecule has 0 atom stereocenters. The van der Waals surface area contributed by atoms with Crippen LogP contribution in [-0.4, -0.2) is 25.3 Å². The van der Waals surface area contributed by atoms with Crippen LogP contribution in [0, 0.1) is 0 Å². The van der Waals surface area contributed by atoms with Gasteiger partial charge in [0.2, 0.25) is 0 Å². The Balaban J connectivity index is 2.81. The van der Waals surface area contributed by atoms with Crippen LogP contribution in [0.5, 0.6) is 0 Å². The van der Waals surface area contributed by atoms with Gasteiger partial charge in [0.25, 0.3) is 0 Å². The van der Waals surface area contributed by atoms with Gasteiger partial charge < -0.3 is 0 Å². The lowest BCUT2D eigenvalue weighted by molar-refractivity contribution is 0.102. The van der Waals surface area contributed by atoms with Crippen molar-refractivity contribution < 1.29 is 13.2 Å². The highest BCUT2D eigenvalue weighted by molar-refractivity contribution is 9.09. The van der Waals surface area contributed by atoms with Crippen LogP contribution in [-0.2, 0) is 9.84 Å². The summed E-state index contributed by atoms with van der Waals surface area (Å²) in [6, 6.07) is 6.15. The molecule has 0 aliphatic heterocycles. The Morgan fingerprint density at radius 2 is 1.78 bits per heavy atom. The molecule has 100 valence electrons. The standard InChI is InChI=1S/C13H17BrO3S/c1-2-3-4-9-18(16,17)12-7-5-11(6-8-12)13(15)10-14/h5-8H,2-4,9-10H2,1H3. The Kier molecular flexibility index (Phi) is 6.02. The van der Waals surface area contributed by atoms with Crippen LogP contribution in [0.4, 0.5) is 0 Å². The fourth-order valence-corrected chi connectivity index (χ4v) is 3.28. The zero-order chi connectivity index (χ0) is 13.6. The monoisotopic (exact) mass is 332 g/mol. The van der Waals surface area contributed by atoms with E-state index in [2.05, 4.69) is 15.9 Å². The summed E-state index contributed by atoms with van der Waals surface area (Å²) in [6.07, 6.45) is 2.59. The summed E-state index contributed by atoms with van der Waals surface area (Å²) in [5.41, 5.74) is 0.527. The van der Waals surface area contributed by atoms with E-state index in [-0.39, 0.29) is 16.9 Å². The third-order valence-corrected chi connectivity index (χ3v) is 5.00. The molecule has 0 aliphatic carbocycles. The molecule has 0 aliphatic rings. The normalized spacial score (nSPS) is 11.4. The van der Waals surface area contributed by atoms with Crippen LogP contribution in [0.3, 0.4) is 0 Å². The number of hydrogen-bond donors (Lipinski definition) is 0. The van der Waals surface area contributed by atoms with Crippen LogP contribution >= 0.6 is 15.9 Å². The van der Waals surface area contributed by atoms with Crippen molar-refractivity contribution in [3.8, 4) is 0 Å². The second kappa shape index (κ2) is 7.04. The van der Waals surface area contributed by atoms with E-state index >= 15 is 0 Å². The molecule has 18 heavy (non-hydrogen) atoms. The number of carbonyl (C=O) groups excluding carboxylic acids is 1. The quantitative estimate of drug-likeness (QED) is 0.437. The summed E-state index contributed by atoms with van der Waals surface area (Å²) in [7, 11) is -3.20. The van der Waals surface area contributed by atoms with Crippen molar-refractivity contribution in [3.05, 3.63) is 29.8 Å². The molecule has 0 unspecified atom stereocenters. The molecule has 0 fully saturated rings. The summed E-state index contributed by atoms with van der Waals surface area (Å²) >= 11 is 3.08. The van der Waals surface area contributed by atoms with Gasteiger partial charge in [-0.15, -0.1) is 0 Å². The molecule has 0 spiro atoms. The molecule has 1 rings (SSSR count). The third kappa shape index (κ3) is 4.21. The maximum atomic E-state index is 12.0. The number of benzene rings is 1. The lowest BCUT2D eigenvalue weighted by atomic mass is 10.2. The molecular weight excluding hydrogens is 316 g/mol. The molecule has 3 nitrogen and oxygen atoms in total. The molecule has 1 aromatic rings. The van der Waals surface area contributed by atoms with Crippen molar-refractivity contribution in [2.24, 2.45) is 0 Å². The minimum atomic E-state index is -3.20. The second-order valence-electron chi connectivity index (χ2n) is 4.11. The molecule has 5 heteroatoms. The Labute approximate surface area is 117 Å². The van der Waals surface area contributed by atoms with E-state index in [0.29, 0.717) is 16.9 Å². The number of rotatable bonds is 7. The number of alkyl halides is 1. The fourth-order valence-electron chi connectivity index (χ4n) is 1.59. The Hall–Kier alpha value is -0.680. The van der Waals surface area contributed by atoms with E-state index in [4.69, 9.17) is 0 Å². The molecular formula is C13H17BrO3S. The van der Waals surface area contributed by atoms with E-state index in [1.807, 2.05) is 6.92 Å². The maximum absolute atomic E-state index is 12.0. The predicted octanol–water partition coefficient (Wildman–Crippen LogP) is 3.23. The third-order valence-electron chi connectivity index (χ3n) is 2.67. The summed E-state index contributed by atoms with van der Waals surface area (Å²) in [4.78, 5) is 11.7. The van der Waals surface area contributed by atoms with Gasteiger partial charge in [-0.2, -0.15) is 0 Å². The van der Waals surface area contributed by atoms with Crippen LogP contribution in [0.15, 0.2) is 29.2 Å². The molecule has 0 radical (unpaired) electrons. The maximum Gasteiger partial charge on any atom is 0.178 e. The molecule has 0 saturated carbocycles. The highest BCUT2D eigenvalue weighted by atomic mass is 79.9. The number of sulfone groups is 1. The van der Waals surface area contributed by atoms with E-state index in [9.17, 15) is 13.2 Å². The fraction of sp³-hybridized carbons (Fsp3) is 0.462. The first-order chi connectivity index (χ1) is 8.51. The van der Waals surface area contributed by atoms with Gasteiger partial charge in [0.05, 0.1) is 16.0 Å². The van der Waals surface area contributed by atoms with E-state index in [1.54, 1.807) is 12.1 Å². The van der Waals surface area contributed by atoms with Gasteiger partial charge in [-0.3, -0.25) is 4.79 Å². The van der Waals surface area contributed by atoms with E-state index in [0.717, 1.165) is 12.8 Å². The van der Waals surface area contributed by atoms with Crippen molar-refractivity contribution in [2.75, 3.05) is 11.1 Å². The second-order valence-corrected chi connectivity index (χ2v) is 6.78. The molecule has 1 aromatic carbocycles. The van der Waals surface area contributed by atoms with Gasteiger partial charge in [-0.1, -0.05) is 47.8 Å². The van der Waals surface area contributed by atoms with Crippen LogP contribution < -0.4 is 0 Å². The summed E-state index contributed by atoms with van der Waals surface area (Å²) in [6.45, 7) is 2.04. The predicted molar refractivity (Wildman–Crippen MR) is 76.1 cm³/mol. The van der Waals surface area contributed by atoms with E-state index < -0.39 is 9.84 Å². The Bertz CT molecular complexity index is 491. The van der Waals surface area contributed by atoms with Gasteiger partial charge >= 0.3 is 0 Å². The lowest BCUT2D eigenvalue weighted by Gasteiger charge is -2.05. The SMILES string of the molecule is CCCCCS(=O)(=O)c1ccc(C(=O)CBr)cc1. The van der Waals surface area contributed by atoms with Crippen molar-refractivity contribution >= 4 is 31.6 Å². The molecule has 0 amide bonds. The highest BCUT2D eigenvalue weighted by Crippen LogP contribution is 2.15. The first-order valence-corrected chi connectivity index (χ1v) is 8.70. The molecule has 0 N–H and O–H groups in total. The summed E-state index contributed by atoms with van der Waals surface area (Å²) < 4.78 is 23.9. The van der Waals surface area contributed by atoms with Crippen LogP contribution in [0.2, 0.25) is 0 Å². The van der Waals surface area contributed by atoms with Crippen molar-refractivity contribution in [2.45, 2.75) is 31.1 Å². The molecule has 0 bridgehead atoms. The van der Waals surface area contributed by atoms with Gasteiger partial charge in [-0.05, 0) is 18.6 Å². The first-order valence-electron chi connectivity index (χ1n) is 5.93. The smallest absolute Gasteiger partial charge is 0.178 e. The number of unbranched alkanes of at least 4 members (excludes halogenated alkanes) is 2. The van der Waals surface area contributed by atoms with Gasteiger partial charge in [-0.25, -0.2) is 8.42 Å². The van der Waals surface area contributed by atoms with Crippen molar-refractivity contribution in [1.82, 2.24) is 0 Å². The lowest BCUT2D eigenvalue weighted by Crippen LogP contribution is -2.07. The topological polar surface area (TPSA) is 51.2 Å². The van der Waals surface area contributed by atoms with Gasteiger partial charge in [0.15, 0.2) is 15.6 Å². The number of Topliss-reactive ketones (excluding diaryl/α,β-unsaturated/α-hetero) is 1. The average molecular weight is 333 g/mol. The summed E-state index contributed by atoms with van der Waals surface area (Å²) in [5, 5.41) is 0.246. The van der Waals surface area contributed by atoms with Crippen molar-refractivity contribution in [1.29, 1.82) is 0 Å². The Morgan fingerprint density at radius 1 is 1.17 bits per heavy atom. The Morgan fingerprint density at radius 3 is 2.28 bits per heavy atom. The first kappa shape index (κ1) is 15.4. The van der Waals surface area contributed by atoms with Crippen LogP contribution in [0.1, 0.15) is 36.5 Å². The van der Waals surface area contributed by atoms with Gasteiger partial charge in [0.1, 0.15) is 0 Å². The molecule has 0 aromatic heterocycles. The zero-order valence-corrected chi connectivity index (χ0v) is 12.8. The van der Waals surface area contributed by atoms with E-state index in [1.165, 1.54) is 12.1 Å². The number of halogens is 1. The minimum absolute atomic E-state index is 0.0510.